The van der Waals surface area contributed by atoms with Crippen LogP contribution < -0.4 is 9.62 Å². The van der Waals surface area contributed by atoms with Crippen LogP contribution in [0.25, 0.3) is 0 Å². The number of carbonyl (C=O) groups excluding carboxylic acids is 2. The molecule has 0 aliphatic rings. The number of hydrogen-bond acceptors (Lipinski definition) is 4. The van der Waals surface area contributed by atoms with Gasteiger partial charge in [-0.1, -0.05) is 70.7 Å². The van der Waals surface area contributed by atoms with Crippen molar-refractivity contribution < 1.29 is 18.0 Å². The smallest absolute Gasteiger partial charge is 0.264 e. The zero-order chi connectivity index (χ0) is 29.8. The quantitative estimate of drug-likeness (QED) is 0.318. The monoisotopic (exact) mass is 603 g/mol. The molecule has 40 heavy (non-hydrogen) atoms. The number of sulfonamides is 1. The fourth-order valence-electron chi connectivity index (χ4n) is 4.00. The summed E-state index contributed by atoms with van der Waals surface area (Å²) in [6.45, 7) is 10.5. The number of benzene rings is 3. The Labute approximate surface area is 247 Å². The van der Waals surface area contributed by atoms with Gasteiger partial charge in [0.05, 0.1) is 10.6 Å². The summed E-state index contributed by atoms with van der Waals surface area (Å²) in [6.07, 6.45) is 0. The minimum absolute atomic E-state index is 0.00519. The van der Waals surface area contributed by atoms with Gasteiger partial charge in [-0.15, -0.1) is 0 Å². The largest absolute Gasteiger partial charge is 0.350 e. The van der Waals surface area contributed by atoms with Crippen LogP contribution in [0.4, 0.5) is 5.69 Å². The lowest BCUT2D eigenvalue weighted by Gasteiger charge is -2.33. The van der Waals surface area contributed by atoms with E-state index in [1.807, 2.05) is 58.9 Å². The predicted octanol–water partition coefficient (Wildman–Crippen LogP) is 6.14. The third-order valence-electron chi connectivity index (χ3n) is 6.16. The highest BCUT2D eigenvalue weighted by atomic mass is 35.5. The minimum Gasteiger partial charge on any atom is -0.350 e. The van der Waals surface area contributed by atoms with Gasteiger partial charge in [0.15, 0.2) is 0 Å². The molecule has 0 fully saturated rings. The molecule has 10 heteroatoms. The normalized spacial score (nSPS) is 12.5. The maximum Gasteiger partial charge on any atom is 0.264 e. The molecule has 0 saturated carbocycles. The van der Waals surface area contributed by atoms with Crippen LogP contribution >= 0.6 is 23.2 Å². The third kappa shape index (κ3) is 8.22. The Balaban J connectivity index is 2.07. The standard InChI is InChI=1S/C30H35Cl2N3O4S/c1-20-7-11-23(12-8-20)18-34(22(3)29(37)33-30(4,5)6)28(36)19-35(26-16-24(31)15-25(32)17-26)40(38,39)27-13-9-21(2)10-14-27/h7-17,22H,18-19H2,1-6H3,(H,33,37)/t22-/m0/s1. The van der Waals surface area contributed by atoms with E-state index < -0.39 is 34.1 Å². The van der Waals surface area contributed by atoms with Crippen molar-refractivity contribution in [3.8, 4) is 0 Å². The predicted molar refractivity (Wildman–Crippen MR) is 161 cm³/mol. The van der Waals surface area contributed by atoms with Gasteiger partial charge < -0.3 is 10.2 Å². The summed E-state index contributed by atoms with van der Waals surface area (Å²) >= 11 is 12.5. The van der Waals surface area contributed by atoms with Crippen molar-refractivity contribution in [3.63, 3.8) is 0 Å². The summed E-state index contributed by atoms with van der Waals surface area (Å²) in [5, 5.41) is 3.34. The molecule has 0 aliphatic carbocycles. The summed E-state index contributed by atoms with van der Waals surface area (Å²) < 4.78 is 28.8. The van der Waals surface area contributed by atoms with Gasteiger partial charge in [0.1, 0.15) is 12.6 Å². The number of nitrogens with zero attached hydrogens (tertiary/aromatic N) is 2. The van der Waals surface area contributed by atoms with E-state index in [2.05, 4.69) is 5.32 Å². The van der Waals surface area contributed by atoms with E-state index in [4.69, 9.17) is 23.2 Å². The lowest BCUT2D eigenvalue weighted by Crippen LogP contribution is -2.54. The van der Waals surface area contributed by atoms with Crippen molar-refractivity contribution in [2.24, 2.45) is 0 Å². The van der Waals surface area contributed by atoms with Crippen LogP contribution in [0.3, 0.4) is 0 Å². The molecule has 2 amide bonds. The Morgan fingerprint density at radius 2 is 1.38 bits per heavy atom. The Kier molecular flexibility index (Phi) is 9.93. The highest BCUT2D eigenvalue weighted by Gasteiger charge is 2.33. The van der Waals surface area contributed by atoms with E-state index in [0.717, 1.165) is 21.0 Å². The number of hydrogen-bond donors (Lipinski definition) is 1. The van der Waals surface area contributed by atoms with Gasteiger partial charge in [0.25, 0.3) is 10.0 Å². The van der Waals surface area contributed by atoms with Crippen LogP contribution in [-0.4, -0.2) is 43.3 Å². The van der Waals surface area contributed by atoms with E-state index >= 15 is 0 Å². The zero-order valence-corrected chi connectivity index (χ0v) is 25.9. The second kappa shape index (κ2) is 12.6. The molecule has 1 atom stereocenters. The van der Waals surface area contributed by atoms with Gasteiger partial charge in [-0.05, 0) is 77.4 Å². The topological polar surface area (TPSA) is 86.8 Å². The highest BCUT2D eigenvalue weighted by molar-refractivity contribution is 7.92. The van der Waals surface area contributed by atoms with Crippen LogP contribution in [0.1, 0.15) is 44.4 Å². The van der Waals surface area contributed by atoms with E-state index in [9.17, 15) is 18.0 Å². The SMILES string of the molecule is Cc1ccc(CN(C(=O)CN(c2cc(Cl)cc(Cl)c2)S(=O)(=O)c2ccc(C)cc2)[C@@H](C)C(=O)NC(C)(C)C)cc1. The minimum atomic E-state index is -4.22. The van der Waals surface area contributed by atoms with Gasteiger partial charge in [0.2, 0.25) is 11.8 Å². The molecule has 0 aliphatic heterocycles. The number of halogens is 2. The lowest BCUT2D eigenvalue weighted by atomic mass is 10.1. The van der Waals surface area contributed by atoms with Crippen LogP contribution in [0.5, 0.6) is 0 Å². The van der Waals surface area contributed by atoms with Gasteiger partial charge in [0, 0.05) is 22.1 Å². The number of carbonyl (C=O) groups is 2. The van der Waals surface area contributed by atoms with E-state index in [0.29, 0.717) is 0 Å². The first-order chi connectivity index (χ1) is 18.6. The summed E-state index contributed by atoms with van der Waals surface area (Å²) in [4.78, 5) is 28.5. The Bertz CT molecular complexity index is 1450. The van der Waals surface area contributed by atoms with Gasteiger partial charge in [-0.3, -0.25) is 13.9 Å². The van der Waals surface area contributed by atoms with E-state index in [-0.39, 0.29) is 33.1 Å². The van der Waals surface area contributed by atoms with Crippen LogP contribution in [0.15, 0.2) is 71.6 Å². The van der Waals surface area contributed by atoms with Crippen LogP contribution in [0.2, 0.25) is 10.0 Å². The molecule has 3 aromatic carbocycles. The number of rotatable bonds is 9. The lowest BCUT2D eigenvalue weighted by molar-refractivity contribution is -0.140. The van der Waals surface area contributed by atoms with E-state index in [1.165, 1.54) is 35.2 Å². The van der Waals surface area contributed by atoms with Crippen molar-refractivity contribution in [3.05, 3.63) is 93.5 Å². The van der Waals surface area contributed by atoms with E-state index in [1.54, 1.807) is 19.1 Å². The third-order valence-corrected chi connectivity index (χ3v) is 8.39. The van der Waals surface area contributed by atoms with Crippen molar-refractivity contribution in [1.82, 2.24) is 10.2 Å². The van der Waals surface area contributed by atoms with Crippen molar-refractivity contribution >= 4 is 50.7 Å². The maximum atomic E-state index is 14.0. The second-order valence-electron chi connectivity index (χ2n) is 10.9. The average molecular weight is 605 g/mol. The first kappa shape index (κ1) is 31.5. The van der Waals surface area contributed by atoms with Crippen LogP contribution in [0, 0.1) is 13.8 Å². The summed E-state index contributed by atoms with van der Waals surface area (Å²) in [5.41, 5.74) is 2.34. The molecule has 0 aromatic heterocycles. The molecular formula is C30H35Cl2N3O4S. The molecule has 3 aromatic rings. The molecule has 0 heterocycles. The summed E-state index contributed by atoms with van der Waals surface area (Å²) in [6, 6.07) is 17.4. The molecule has 0 unspecified atom stereocenters. The number of aryl methyl sites for hydroxylation is 2. The molecule has 1 N–H and O–H groups in total. The number of nitrogens with one attached hydrogen (secondary N) is 1. The number of anilines is 1. The fourth-order valence-corrected chi connectivity index (χ4v) is 5.91. The molecule has 214 valence electrons. The van der Waals surface area contributed by atoms with Gasteiger partial charge in [-0.25, -0.2) is 8.42 Å². The first-order valence-electron chi connectivity index (χ1n) is 12.8. The molecule has 0 bridgehead atoms. The second-order valence-corrected chi connectivity index (χ2v) is 13.6. The molecule has 3 rings (SSSR count). The van der Waals surface area contributed by atoms with Crippen LogP contribution in [-0.2, 0) is 26.2 Å². The molecule has 0 spiro atoms. The molecule has 7 nitrogen and oxygen atoms in total. The molecule has 0 radical (unpaired) electrons. The maximum absolute atomic E-state index is 14.0. The van der Waals surface area contributed by atoms with Crippen molar-refractivity contribution in [2.75, 3.05) is 10.8 Å². The summed E-state index contributed by atoms with van der Waals surface area (Å²) in [7, 11) is -4.22. The highest BCUT2D eigenvalue weighted by Crippen LogP contribution is 2.30. The Hall–Kier alpha value is -3.07. The Morgan fingerprint density at radius 3 is 1.88 bits per heavy atom. The van der Waals surface area contributed by atoms with Crippen molar-refractivity contribution in [1.29, 1.82) is 0 Å². The van der Waals surface area contributed by atoms with Crippen molar-refractivity contribution in [2.45, 2.75) is 64.6 Å². The molecule has 0 saturated heterocycles. The van der Waals surface area contributed by atoms with Gasteiger partial charge in [-0.2, -0.15) is 0 Å². The first-order valence-corrected chi connectivity index (χ1v) is 15.0. The molecular weight excluding hydrogens is 569 g/mol. The number of amides is 2. The summed E-state index contributed by atoms with van der Waals surface area (Å²) in [5.74, 6) is -0.921. The average Bonchev–Trinajstić information content (AvgIpc) is 2.85. The zero-order valence-electron chi connectivity index (χ0n) is 23.5. The van der Waals surface area contributed by atoms with Gasteiger partial charge >= 0.3 is 0 Å². The Morgan fingerprint density at radius 1 is 0.875 bits per heavy atom. The fraction of sp³-hybridized carbons (Fsp3) is 0.333.